The van der Waals surface area contributed by atoms with Gasteiger partial charge in [-0.3, -0.25) is 0 Å². The Morgan fingerprint density at radius 1 is 1.39 bits per heavy atom. The summed E-state index contributed by atoms with van der Waals surface area (Å²) in [7, 11) is 0. The summed E-state index contributed by atoms with van der Waals surface area (Å²) in [5.41, 5.74) is 8.92. The first-order chi connectivity index (χ1) is 8.32. The molecule has 100 valence electrons. The molecule has 0 aliphatic heterocycles. The number of hydrogen-bond acceptors (Lipinski definition) is 3. The van der Waals surface area contributed by atoms with Crippen LogP contribution in [0, 0.1) is 0 Å². The zero-order chi connectivity index (χ0) is 13.5. The summed E-state index contributed by atoms with van der Waals surface area (Å²) in [6.45, 7) is 8.80. The number of rotatable bonds is 2. The van der Waals surface area contributed by atoms with Gasteiger partial charge in [0.15, 0.2) is 0 Å². The fraction of sp³-hybridized carbons (Fsp3) is 0.600. The Labute approximate surface area is 114 Å². The van der Waals surface area contributed by atoms with Crippen molar-refractivity contribution in [1.29, 1.82) is 0 Å². The van der Waals surface area contributed by atoms with E-state index in [1.165, 1.54) is 11.1 Å². The van der Waals surface area contributed by atoms with Crippen LogP contribution in [0.5, 0.6) is 5.75 Å². The van der Waals surface area contributed by atoms with Crippen LogP contribution in [0.2, 0.25) is 0 Å². The number of thioether (sulfide) groups is 1. The molecule has 3 N–H and O–H groups in total. The van der Waals surface area contributed by atoms with Crippen LogP contribution in [0.15, 0.2) is 18.2 Å². The lowest BCUT2D eigenvalue weighted by molar-refractivity contribution is 0.369. The summed E-state index contributed by atoms with van der Waals surface area (Å²) >= 11 is 1.97. The predicted octanol–water partition coefficient (Wildman–Crippen LogP) is 3.06. The van der Waals surface area contributed by atoms with Gasteiger partial charge in [-0.05, 0) is 34.9 Å². The maximum Gasteiger partial charge on any atom is 0.115 e. The van der Waals surface area contributed by atoms with Crippen molar-refractivity contribution in [3.05, 3.63) is 29.3 Å². The smallest absolute Gasteiger partial charge is 0.115 e. The lowest BCUT2D eigenvalue weighted by Gasteiger charge is -2.43. The normalized spacial score (nSPS) is 26.1. The van der Waals surface area contributed by atoms with Crippen LogP contribution < -0.4 is 5.73 Å². The van der Waals surface area contributed by atoms with Crippen LogP contribution in [0.1, 0.15) is 38.8 Å². The largest absolute Gasteiger partial charge is 0.508 e. The van der Waals surface area contributed by atoms with Crippen LogP contribution in [-0.2, 0) is 11.8 Å². The number of phenolic OH excluding ortho intramolecular Hbond substituents is 1. The van der Waals surface area contributed by atoms with Gasteiger partial charge in [-0.15, -0.1) is 0 Å². The van der Waals surface area contributed by atoms with E-state index < -0.39 is 0 Å². The average molecular weight is 265 g/mol. The average Bonchev–Trinajstić information content (AvgIpc) is 2.27. The molecule has 0 unspecified atom stereocenters. The molecule has 1 aliphatic carbocycles. The molecular formula is C15H23NOS. The number of benzene rings is 1. The molecule has 1 aromatic rings. The van der Waals surface area contributed by atoms with Crippen LogP contribution in [0.3, 0.4) is 0 Å². The molecule has 0 bridgehead atoms. The van der Waals surface area contributed by atoms with E-state index in [1.54, 1.807) is 6.07 Å². The molecule has 18 heavy (non-hydrogen) atoms. The molecule has 0 spiro atoms. The fourth-order valence-electron chi connectivity index (χ4n) is 2.81. The Kier molecular flexibility index (Phi) is 3.65. The maximum absolute atomic E-state index is 9.67. The summed E-state index contributed by atoms with van der Waals surface area (Å²) in [6, 6.07) is 5.83. The Morgan fingerprint density at radius 2 is 2.06 bits per heavy atom. The van der Waals surface area contributed by atoms with Crippen LogP contribution in [-0.4, -0.2) is 21.6 Å². The van der Waals surface area contributed by atoms with E-state index in [2.05, 4.69) is 27.7 Å². The number of phenols is 1. The van der Waals surface area contributed by atoms with Gasteiger partial charge in [-0.1, -0.05) is 33.8 Å². The highest BCUT2D eigenvalue weighted by molar-refractivity contribution is 8.00. The lowest BCUT2D eigenvalue weighted by atomic mass is 9.69. The Morgan fingerprint density at radius 3 is 2.67 bits per heavy atom. The van der Waals surface area contributed by atoms with Crippen molar-refractivity contribution >= 4 is 11.8 Å². The molecule has 0 amide bonds. The minimum absolute atomic E-state index is 0.0844. The standard InChI is InChI=1S/C15H23NOS/c1-9(2)18-13-7-10-5-6-11(17)8-12(10)15(3,4)14(13)16/h5-6,8-9,13-14,17H,7,16H2,1-4H3/t13-,14+/m0/s1. The zero-order valence-electron chi connectivity index (χ0n) is 11.6. The third-order valence-corrected chi connectivity index (χ3v) is 5.24. The SMILES string of the molecule is CC(C)S[C@H]1Cc2ccc(O)cc2C(C)(C)[C@@H]1N. The number of fused-ring (bicyclic) bond motifs is 1. The van der Waals surface area contributed by atoms with E-state index in [0.717, 1.165) is 6.42 Å². The highest BCUT2D eigenvalue weighted by Crippen LogP contribution is 2.42. The van der Waals surface area contributed by atoms with Gasteiger partial charge in [0.25, 0.3) is 0 Å². The van der Waals surface area contributed by atoms with Crippen molar-refractivity contribution in [3.8, 4) is 5.75 Å². The van der Waals surface area contributed by atoms with Crippen molar-refractivity contribution in [2.24, 2.45) is 5.73 Å². The van der Waals surface area contributed by atoms with Gasteiger partial charge in [-0.2, -0.15) is 11.8 Å². The van der Waals surface area contributed by atoms with E-state index in [4.69, 9.17) is 5.73 Å². The molecule has 1 aromatic carbocycles. The molecule has 1 aliphatic rings. The molecule has 0 radical (unpaired) electrons. The third-order valence-electron chi connectivity index (χ3n) is 3.89. The minimum Gasteiger partial charge on any atom is -0.508 e. The lowest BCUT2D eigenvalue weighted by Crippen LogP contribution is -2.52. The molecule has 2 nitrogen and oxygen atoms in total. The summed E-state index contributed by atoms with van der Waals surface area (Å²) in [4.78, 5) is 0. The highest BCUT2D eigenvalue weighted by atomic mass is 32.2. The molecular weight excluding hydrogens is 242 g/mol. The quantitative estimate of drug-likeness (QED) is 0.864. The summed E-state index contributed by atoms with van der Waals surface area (Å²) in [5, 5.41) is 10.7. The number of hydrogen-bond donors (Lipinski definition) is 2. The van der Waals surface area contributed by atoms with Crippen LogP contribution >= 0.6 is 11.8 Å². The topological polar surface area (TPSA) is 46.2 Å². The molecule has 0 saturated heterocycles. The predicted molar refractivity (Wildman–Crippen MR) is 79.3 cm³/mol. The summed E-state index contributed by atoms with van der Waals surface area (Å²) in [5.74, 6) is 0.337. The molecule has 0 fully saturated rings. The Hall–Kier alpha value is -0.670. The second-order valence-electron chi connectivity index (χ2n) is 6.02. The van der Waals surface area contributed by atoms with E-state index in [-0.39, 0.29) is 11.5 Å². The molecule has 3 heteroatoms. The second-order valence-corrected chi connectivity index (χ2v) is 7.84. The van der Waals surface area contributed by atoms with Crippen molar-refractivity contribution in [2.75, 3.05) is 0 Å². The monoisotopic (exact) mass is 265 g/mol. The van der Waals surface area contributed by atoms with Crippen molar-refractivity contribution in [2.45, 2.75) is 56.1 Å². The first-order valence-electron chi connectivity index (χ1n) is 6.55. The number of nitrogens with two attached hydrogens (primary N) is 1. The molecule has 0 aromatic heterocycles. The van der Waals surface area contributed by atoms with Crippen molar-refractivity contribution in [3.63, 3.8) is 0 Å². The highest BCUT2D eigenvalue weighted by Gasteiger charge is 2.40. The van der Waals surface area contributed by atoms with E-state index in [0.29, 0.717) is 16.2 Å². The van der Waals surface area contributed by atoms with E-state index in [9.17, 15) is 5.11 Å². The van der Waals surface area contributed by atoms with Gasteiger partial charge < -0.3 is 10.8 Å². The summed E-state index contributed by atoms with van der Waals surface area (Å²) < 4.78 is 0. The van der Waals surface area contributed by atoms with E-state index >= 15 is 0 Å². The minimum atomic E-state index is -0.0844. The maximum atomic E-state index is 9.67. The number of aromatic hydroxyl groups is 1. The second kappa shape index (κ2) is 4.78. The Bertz CT molecular complexity index is 442. The fourth-order valence-corrected chi connectivity index (χ4v) is 4.30. The molecule has 2 rings (SSSR count). The van der Waals surface area contributed by atoms with Gasteiger partial charge in [0, 0.05) is 16.7 Å². The molecule has 0 saturated carbocycles. The molecule has 0 heterocycles. The molecule has 2 atom stereocenters. The van der Waals surface area contributed by atoms with E-state index in [1.807, 2.05) is 23.9 Å². The van der Waals surface area contributed by atoms with Gasteiger partial charge in [0.05, 0.1) is 0 Å². The first-order valence-corrected chi connectivity index (χ1v) is 7.50. The van der Waals surface area contributed by atoms with Crippen LogP contribution in [0.4, 0.5) is 0 Å². The van der Waals surface area contributed by atoms with Gasteiger partial charge in [0.1, 0.15) is 5.75 Å². The van der Waals surface area contributed by atoms with Crippen molar-refractivity contribution < 1.29 is 5.11 Å². The van der Waals surface area contributed by atoms with Crippen molar-refractivity contribution in [1.82, 2.24) is 0 Å². The third kappa shape index (κ3) is 2.39. The van der Waals surface area contributed by atoms with Gasteiger partial charge in [0.2, 0.25) is 0 Å². The Balaban J connectivity index is 2.40. The summed E-state index contributed by atoms with van der Waals surface area (Å²) in [6.07, 6.45) is 1.00. The first kappa shape index (κ1) is 13.8. The van der Waals surface area contributed by atoms with Gasteiger partial charge in [-0.25, -0.2) is 0 Å². The van der Waals surface area contributed by atoms with Gasteiger partial charge >= 0.3 is 0 Å². The zero-order valence-corrected chi connectivity index (χ0v) is 12.4. The van der Waals surface area contributed by atoms with Crippen LogP contribution in [0.25, 0.3) is 0 Å².